The van der Waals surface area contributed by atoms with Crippen LogP contribution in [0.1, 0.15) is 88.8 Å². The van der Waals surface area contributed by atoms with Crippen molar-refractivity contribution >= 4 is 5.91 Å². The summed E-state index contributed by atoms with van der Waals surface area (Å²) in [5.74, 6) is 1.07. The van der Waals surface area contributed by atoms with Crippen molar-refractivity contribution in [2.45, 2.75) is 78.1 Å². The zero-order valence-corrected chi connectivity index (χ0v) is 27.2. The molecule has 0 spiro atoms. The molecule has 1 heterocycles. The molecule has 0 radical (unpaired) electrons. The molecule has 44 heavy (non-hydrogen) atoms. The van der Waals surface area contributed by atoms with Gasteiger partial charge in [-0.05, 0) is 103 Å². The Morgan fingerprint density at radius 1 is 0.886 bits per heavy atom. The fourth-order valence-electron chi connectivity index (χ4n) is 4.93. The van der Waals surface area contributed by atoms with Gasteiger partial charge in [0.15, 0.2) is 0 Å². The average molecular weight is 600 g/mol. The molecule has 1 N–H and O–H groups in total. The van der Waals surface area contributed by atoms with E-state index in [0.717, 1.165) is 42.7 Å². The van der Waals surface area contributed by atoms with Crippen LogP contribution in [-0.4, -0.2) is 35.9 Å². The Balaban J connectivity index is 1.40. The van der Waals surface area contributed by atoms with E-state index in [1.165, 1.54) is 23.3 Å². The number of amides is 1. The SMILES string of the molecule is CCC(C)(C)c1ccc(OCCCCNC(=O)c2cc(-c3ccc(OC)cc3)nn2-c2ccc(F)cc2)c(C(C)(C)CC)c1. The Kier molecular flexibility index (Phi) is 10.5. The molecule has 3 aromatic carbocycles. The second kappa shape index (κ2) is 14.1. The molecule has 7 heteroatoms. The van der Waals surface area contributed by atoms with E-state index < -0.39 is 0 Å². The lowest BCUT2D eigenvalue weighted by molar-refractivity contribution is 0.0944. The number of rotatable bonds is 14. The van der Waals surface area contributed by atoms with Crippen molar-refractivity contribution in [2.24, 2.45) is 0 Å². The number of carbonyl (C=O) groups is 1. The average Bonchev–Trinajstić information content (AvgIpc) is 3.48. The quantitative estimate of drug-likeness (QED) is 0.147. The van der Waals surface area contributed by atoms with Gasteiger partial charge in [0.2, 0.25) is 0 Å². The van der Waals surface area contributed by atoms with E-state index in [-0.39, 0.29) is 22.6 Å². The molecular formula is C37H46FN3O3. The maximum atomic E-state index is 13.6. The lowest BCUT2D eigenvalue weighted by Crippen LogP contribution is -2.27. The highest BCUT2D eigenvalue weighted by molar-refractivity contribution is 5.94. The molecule has 4 rings (SSSR count). The van der Waals surface area contributed by atoms with Crippen molar-refractivity contribution < 1.29 is 18.7 Å². The van der Waals surface area contributed by atoms with Crippen LogP contribution in [0, 0.1) is 5.82 Å². The lowest BCUT2D eigenvalue weighted by atomic mass is 9.76. The molecule has 0 bridgehead atoms. The van der Waals surface area contributed by atoms with Gasteiger partial charge in [0.25, 0.3) is 5.91 Å². The summed E-state index contributed by atoms with van der Waals surface area (Å²) >= 11 is 0. The van der Waals surface area contributed by atoms with Gasteiger partial charge in [0.1, 0.15) is 23.0 Å². The van der Waals surface area contributed by atoms with Crippen LogP contribution < -0.4 is 14.8 Å². The van der Waals surface area contributed by atoms with Crippen molar-refractivity contribution in [1.82, 2.24) is 15.1 Å². The van der Waals surface area contributed by atoms with Gasteiger partial charge in [-0.1, -0.05) is 53.7 Å². The molecule has 0 aliphatic rings. The number of carbonyl (C=O) groups excluding carboxylic acids is 1. The first-order valence-electron chi connectivity index (χ1n) is 15.6. The highest BCUT2D eigenvalue weighted by Gasteiger charge is 2.26. The third-order valence-electron chi connectivity index (χ3n) is 8.77. The van der Waals surface area contributed by atoms with Gasteiger partial charge in [0, 0.05) is 17.7 Å². The largest absolute Gasteiger partial charge is 0.497 e. The number of methoxy groups -OCH3 is 1. The number of halogens is 1. The fourth-order valence-corrected chi connectivity index (χ4v) is 4.93. The van der Waals surface area contributed by atoms with E-state index in [0.29, 0.717) is 30.2 Å². The van der Waals surface area contributed by atoms with Gasteiger partial charge in [-0.15, -0.1) is 0 Å². The molecule has 0 fully saturated rings. The Morgan fingerprint density at radius 2 is 1.57 bits per heavy atom. The molecule has 0 unspecified atom stereocenters. The van der Waals surface area contributed by atoms with Crippen LogP contribution in [0.15, 0.2) is 72.8 Å². The molecule has 0 atom stereocenters. The van der Waals surface area contributed by atoms with Crippen molar-refractivity contribution in [3.8, 4) is 28.4 Å². The predicted molar refractivity (Wildman–Crippen MR) is 176 cm³/mol. The summed E-state index contributed by atoms with van der Waals surface area (Å²) < 4.78 is 26.8. The van der Waals surface area contributed by atoms with Crippen LogP contribution in [0.25, 0.3) is 16.9 Å². The van der Waals surface area contributed by atoms with Gasteiger partial charge >= 0.3 is 0 Å². The molecule has 6 nitrogen and oxygen atoms in total. The van der Waals surface area contributed by atoms with Crippen molar-refractivity contribution in [2.75, 3.05) is 20.3 Å². The van der Waals surface area contributed by atoms with Crippen molar-refractivity contribution in [3.05, 3.63) is 95.4 Å². The van der Waals surface area contributed by atoms with E-state index in [1.807, 2.05) is 24.3 Å². The first-order chi connectivity index (χ1) is 21.0. The minimum absolute atomic E-state index is 0.00127. The third-order valence-corrected chi connectivity index (χ3v) is 8.77. The summed E-state index contributed by atoms with van der Waals surface area (Å²) in [6, 6.07) is 21.8. The minimum Gasteiger partial charge on any atom is -0.497 e. The predicted octanol–water partition coefficient (Wildman–Crippen LogP) is 8.65. The van der Waals surface area contributed by atoms with E-state index in [9.17, 15) is 9.18 Å². The molecule has 1 aromatic heterocycles. The van der Waals surface area contributed by atoms with E-state index in [2.05, 4.69) is 70.2 Å². The lowest BCUT2D eigenvalue weighted by Gasteiger charge is -2.30. The standard InChI is InChI=1S/C37H46FN3O3/c1-8-36(3,4)27-14-21-34(31(24-27)37(5,6)9-2)44-23-11-10-22-39-35(42)33-25-32(26-12-19-30(43-7)20-13-26)40-41(33)29-17-15-28(38)16-18-29/h12-21,24-25H,8-11,22-23H2,1-7H3,(H,39,42). The van der Waals surface area contributed by atoms with Gasteiger partial charge in [0.05, 0.1) is 25.1 Å². The van der Waals surface area contributed by atoms with Crippen LogP contribution in [0.2, 0.25) is 0 Å². The Labute approximate surface area is 261 Å². The van der Waals surface area contributed by atoms with Gasteiger partial charge in [-0.25, -0.2) is 9.07 Å². The van der Waals surface area contributed by atoms with Gasteiger partial charge in [-0.2, -0.15) is 5.10 Å². The maximum absolute atomic E-state index is 13.6. The van der Waals surface area contributed by atoms with Crippen LogP contribution in [0.5, 0.6) is 11.5 Å². The Bertz CT molecular complexity index is 1540. The fraction of sp³-hybridized carbons (Fsp3) is 0.405. The number of hydrogen-bond acceptors (Lipinski definition) is 4. The normalized spacial score (nSPS) is 11.8. The first kappa shape index (κ1) is 32.8. The van der Waals surface area contributed by atoms with Crippen LogP contribution >= 0.6 is 0 Å². The van der Waals surface area contributed by atoms with E-state index in [4.69, 9.17) is 9.47 Å². The number of aromatic nitrogens is 2. The second-order valence-electron chi connectivity index (χ2n) is 12.5. The molecule has 0 saturated carbocycles. The van der Waals surface area contributed by atoms with Crippen LogP contribution in [-0.2, 0) is 10.8 Å². The number of ether oxygens (including phenoxy) is 2. The van der Waals surface area contributed by atoms with E-state index >= 15 is 0 Å². The topological polar surface area (TPSA) is 65.4 Å². The minimum atomic E-state index is -0.351. The zero-order chi connectivity index (χ0) is 31.9. The van der Waals surface area contributed by atoms with Crippen molar-refractivity contribution in [1.29, 1.82) is 0 Å². The zero-order valence-electron chi connectivity index (χ0n) is 27.2. The van der Waals surface area contributed by atoms with Gasteiger partial charge in [-0.3, -0.25) is 4.79 Å². The summed E-state index contributed by atoms with van der Waals surface area (Å²) in [5.41, 5.74) is 5.14. The summed E-state index contributed by atoms with van der Waals surface area (Å²) in [6.07, 6.45) is 3.64. The number of nitrogens with zero attached hydrogens (tertiary/aromatic N) is 2. The van der Waals surface area contributed by atoms with Gasteiger partial charge < -0.3 is 14.8 Å². The Hall–Kier alpha value is -4.13. The monoisotopic (exact) mass is 599 g/mol. The molecule has 1 amide bonds. The highest BCUT2D eigenvalue weighted by Crippen LogP contribution is 2.38. The van der Waals surface area contributed by atoms with Crippen LogP contribution in [0.3, 0.4) is 0 Å². The Morgan fingerprint density at radius 3 is 2.20 bits per heavy atom. The second-order valence-corrected chi connectivity index (χ2v) is 12.5. The van der Waals surface area contributed by atoms with Crippen molar-refractivity contribution in [3.63, 3.8) is 0 Å². The molecule has 0 aliphatic carbocycles. The molecule has 234 valence electrons. The molecule has 4 aromatic rings. The number of benzene rings is 3. The smallest absolute Gasteiger partial charge is 0.270 e. The highest BCUT2D eigenvalue weighted by atomic mass is 19.1. The number of hydrogen-bond donors (Lipinski definition) is 1. The van der Waals surface area contributed by atoms with Crippen LogP contribution in [0.4, 0.5) is 4.39 Å². The molecule has 0 aliphatic heterocycles. The number of nitrogens with one attached hydrogen (secondary N) is 1. The summed E-state index contributed by atoms with van der Waals surface area (Å²) in [6.45, 7) is 14.6. The summed E-state index contributed by atoms with van der Waals surface area (Å²) in [5, 5.41) is 7.71. The molecular weight excluding hydrogens is 553 g/mol. The maximum Gasteiger partial charge on any atom is 0.270 e. The summed E-state index contributed by atoms with van der Waals surface area (Å²) in [4.78, 5) is 13.3. The van der Waals surface area contributed by atoms with E-state index in [1.54, 1.807) is 30.0 Å². The summed E-state index contributed by atoms with van der Waals surface area (Å²) in [7, 11) is 1.61. The number of unbranched alkanes of at least 4 members (excludes halogenated alkanes) is 1. The molecule has 0 saturated heterocycles. The third kappa shape index (κ3) is 7.68. The first-order valence-corrected chi connectivity index (χ1v) is 15.6.